The Morgan fingerprint density at radius 2 is 1.52 bits per heavy atom. The van der Waals surface area contributed by atoms with E-state index in [0.29, 0.717) is 0 Å². The third-order valence-electron chi connectivity index (χ3n) is 3.57. The Kier molecular flexibility index (Phi) is 7.44. The van der Waals surface area contributed by atoms with Gasteiger partial charge in [-0.15, -0.1) is 0 Å². The molecule has 0 aromatic rings. The predicted molar refractivity (Wildman–Crippen MR) is 75.7 cm³/mol. The van der Waals surface area contributed by atoms with Gasteiger partial charge in [0.15, 0.2) is 0 Å². The standard InChI is InChI=1S/C13H14F6N2O8/c14-12(15,16)10(27)20-3-1-5(9(25)26)29-8(7(24)4(23)2-22)6(3)21-11(28)13(17,18)19/h1,3-4,6-8,22-24H,2H2,(H,20,27)(H,21,28)(H,25,26)/t3-,4+,6+,7+,8+/m0/s1. The summed E-state index contributed by atoms with van der Waals surface area (Å²) in [6, 6.07) is -4.59. The molecule has 0 unspecified atom stereocenters. The smallest absolute Gasteiger partial charge is 0.471 e. The summed E-state index contributed by atoms with van der Waals surface area (Å²) in [6.45, 7) is -1.22. The molecule has 166 valence electrons. The maximum atomic E-state index is 12.6. The number of amides is 2. The first kappa shape index (κ1) is 24.4. The van der Waals surface area contributed by atoms with E-state index in [0.717, 1.165) is 0 Å². The minimum Gasteiger partial charge on any atom is -0.478 e. The lowest BCUT2D eigenvalue weighted by molar-refractivity contribution is -0.180. The molecule has 16 heteroatoms. The Morgan fingerprint density at radius 3 is 1.93 bits per heavy atom. The zero-order valence-electron chi connectivity index (χ0n) is 13.9. The fourth-order valence-corrected chi connectivity index (χ4v) is 2.23. The number of alkyl halides is 6. The van der Waals surface area contributed by atoms with Crippen LogP contribution in [-0.2, 0) is 19.1 Å². The Balaban J connectivity index is 3.41. The molecule has 0 aromatic carbocycles. The van der Waals surface area contributed by atoms with Gasteiger partial charge in [0.25, 0.3) is 0 Å². The third-order valence-corrected chi connectivity index (χ3v) is 3.57. The van der Waals surface area contributed by atoms with Crippen LogP contribution < -0.4 is 10.6 Å². The van der Waals surface area contributed by atoms with Crippen molar-refractivity contribution in [1.82, 2.24) is 10.6 Å². The van der Waals surface area contributed by atoms with Crippen LogP contribution in [0.4, 0.5) is 26.3 Å². The van der Waals surface area contributed by atoms with E-state index in [2.05, 4.69) is 4.74 Å². The summed E-state index contributed by atoms with van der Waals surface area (Å²) < 4.78 is 79.9. The molecule has 2 amide bonds. The summed E-state index contributed by atoms with van der Waals surface area (Å²) in [5, 5.41) is 39.5. The van der Waals surface area contributed by atoms with Crippen LogP contribution in [0.3, 0.4) is 0 Å². The van der Waals surface area contributed by atoms with Gasteiger partial charge in [0, 0.05) is 0 Å². The van der Waals surface area contributed by atoms with Crippen LogP contribution in [0.25, 0.3) is 0 Å². The van der Waals surface area contributed by atoms with Gasteiger partial charge in [-0.2, -0.15) is 26.3 Å². The Hall–Kier alpha value is -2.59. The SMILES string of the molecule is O=C(O)C1=C[C@H](NC(=O)C(F)(F)F)[C@@H](NC(=O)C(F)(F)F)[C@H]([C@H](O)[C@H](O)CO)O1. The van der Waals surface area contributed by atoms with Gasteiger partial charge >= 0.3 is 30.1 Å². The highest BCUT2D eigenvalue weighted by Crippen LogP contribution is 2.26. The second-order valence-electron chi connectivity index (χ2n) is 5.65. The number of hydrogen-bond acceptors (Lipinski definition) is 7. The summed E-state index contributed by atoms with van der Waals surface area (Å²) in [5.41, 5.74) is 0. The molecule has 1 aliphatic rings. The molecule has 1 heterocycles. The number of ether oxygens (including phenoxy) is 1. The zero-order valence-corrected chi connectivity index (χ0v) is 13.9. The van der Waals surface area contributed by atoms with Gasteiger partial charge in [0.05, 0.1) is 18.7 Å². The quantitative estimate of drug-likeness (QED) is 0.262. The molecule has 0 aromatic heterocycles. The number of carbonyl (C=O) groups excluding carboxylic acids is 2. The third kappa shape index (κ3) is 6.20. The van der Waals surface area contributed by atoms with E-state index in [1.165, 1.54) is 10.6 Å². The van der Waals surface area contributed by atoms with Crippen molar-refractivity contribution in [3.63, 3.8) is 0 Å². The lowest BCUT2D eigenvalue weighted by Crippen LogP contribution is -2.65. The van der Waals surface area contributed by atoms with Gasteiger partial charge in [-0.25, -0.2) is 4.79 Å². The fourth-order valence-electron chi connectivity index (χ4n) is 2.23. The van der Waals surface area contributed by atoms with Crippen LogP contribution in [0.1, 0.15) is 0 Å². The minimum absolute atomic E-state index is 0.266. The first-order chi connectivity index (χ1) is 13.1. The second-order valence-corrected chi connectivity index (χ2v) is 5.65. The number of hydrogen-bond donors (Lipinski definition) is 6. The summed E-state index contributed by atoms with van der Waals surface area (Å²) in [7, 11) is 0. The first-order valence-corrected chi connectivity index (χ1v) is 7.43. The number of carboxylic acid groups (broad SMARTS) is 1. The van der Waals surface area contributed by atoms with Crippen molar-refractivity contribution in [2.45, 2.75) is 42.7 Å². The van der Waals surface area contributed by atoms with Crippen LogP contribution in [0.15, 0.2) is 11.8 Å². The minimum atomic E-state index is -5.56. The van der Waals surface area contributed by atoms with Crippen molar-refractivity contribution < 1.29 is 65.9 Å². The van der Waals surface area contributed by atoms with Gasteiger partial charge in [0.1, 0.15) is 18.3 Å². The molecule has 10 nitrogen and oxygen atoms in total. The molecule has 0 saturated heterocycles. The van der Waals surface area contributed by atoms with Crippen LogP contribution in [0.2, 0.25) is 0 Å². The molecule has 5 atom stereocenters. The van der Waals surface area contributed by atoms with Gasteiger partial charge in [-0.05, 0) is 6.08 Å². The van der Waals surface area contributed by atoms with Crippen LogP contribution >= 0.6 is 0 Å². The van der Waals surface area contributed by atoms with E-state index in [9.17, 15) is 50.9 Å². The fraction of sp³-hybridized carbons (Fsp3) is 0.615. The number of halogens is 6. The highest BCUT2D eigenvalue weighted by molar-refractivity contribution is 5.86. The van der Waals surface area contributed by atoms with E-state index < -0.39 is 72.9 Å². The van der Waals surface area contributed by atoms with Crippen molar-refractivity contribution in [3.05, 3.63) is 11.8 Å². The van der Waals surface area contributed by atoms with Crippen molar-refractivity contribution >= 4 is 17.8 Å². The largest absolute Gasteiger partial charge is 0.478 e. The number of nitrogens with one attached hydrogen (secondary N) is 2. The molecule has 0 spiro atoms. The molecule has 0 aliphatic carbocycles. The maximum absolute atomic E-state index is 12.6. The van der Waals surface area contributed by atoms with Crippen LogP contribution in [-0.4, -0.2) is 87.6 Å². The van der Waals surface area contributed by atoms with Gasteiger partial charge in [-0.3, -0.25) is 9.59 Å². The maximum Gasteiger partial charge on any atom is 0.471 e. The molecule has 29 heavy (non-hydrogen) atoms. The summed E-state index contributed by atoms with van der Waals surface area (Å²) in [6.07, 6.45) is -17.7. The molecule has 0 bridgehead atoms. The Labute approximate surface area is 156 Å². The molecule has 0 saturated carbocycles. The van der Waals surface area contributed by atoms with Crippen molar-refractivity contribution in [2.24, 2.45) is 0 Å². The van der Waals surface area contributed by atoms with Gasteiger partial charge in [-0.1, -0.05) is 0 Å². The van der Waals surface area contributed by atoms with Crippen molar-refractivity contribution in [1.29, 1.82) is 0 Å². The first-order valence-electron chi connectivity index (χ1n) is 7.43. The van der Waals surface area contributed by atoms with E-state index >= 15 is 0 Å². The van der Waals surface area contributed by atoms with Crippen molar-refractivity contribution in [2.75, 3.05) is 6.61 Å². The molecule has 0 fully saturated rings. The average Bonchev–Trinajstić information content (AvgIpc) is 2.59. The second kappa shape index (κ2) is 8.83. The van der Waals surface area contributed by atoms with Crippen LogP contribution in [0.5, 0.6) is 0 Å². The van der Waals surface area contributed by atoms with E-state index in [1.807, 2.05) is 0 Å². The predicted octanol–water partition coefficient (Wildman–Crippen LogP) is -1.84. The number of carboxylic acids is 1. The number of aliphatic hydroxyl groups is 3. The normalized spacial score (nSPS) is 24.6. The Morgan fingerprint density at radius 1 is 1.03 bits per heavy atom. The lowest BCUT2D eigenvalue weighted by atomic mass is 9.92. The highest BCUT2D eigenvalue weighted by atomic mass is 19.4. The number of rotatable bonds is 6. The molecule has 1 aliphatic heterocycles. The number of aliphatic hydroxyl groups excluding tert-OH is 3. The number of aliphatic carboxylic acids is 1. The van der Waals surface area contributed by atoms with Gasteiger partial charge < -0.3 is 35.8 Å². The van der Waals surface area contributed by atoms with Crippen LogP contribution in [0, 0.1) is 0 Å². The average molecular weight is 440 g/mol. The van der Waals surface area contributed by atoms with E-state index in [-0.39, 0.29) is 6.08 Å². The molecule has 0 radical (unpaired) electrons. The summed E-state index contributed by atoms with van der Waals surface area (Å²) in [5.74, 6) is -8.58. The molecular formula is C13H14F6N2O8. The highest BCUT2D eigenvalue weighted by Gasteiger charge is 2.50. The van der Waals surface area contributed by atoms with Crippen molar-refractivity contribution in [3.8, 4) is 0 Å². The Bertz CT molecular complexity index is 679. The molecule has 6 N–H and O–H groups in total. The van der Waals surface area contributed by atoms with Gasteiger partial charge in [0.2, 0.25) is 5.76 Å². The molecule has 1 rings (SSSR count). The van der Waals surface area contributed by atoms with E-state index in [1.54, 1.807) is 0 Å². The van der Waals surface area contributed by atoms with E-state index in [4.69, 9.17) is 10.2 Å². The topological polar surface area (TPSA) is 165 Å². The zero-order chi connectivity index (χ0) is 22.7. The number of carbonyl (C=O) groups is 3. The monoisotopic (exact) mass is 440 g/mol. The summed E-state index contributed by atoms with van der Waals surface area (Å²) >= 11 is 0. The molecular weight excluding hydrogens is 426 g/mol. The summed E-state index contributed by atoms with van der Waals surface area (Å²) in [4.78, 5) is 33.5. The lowest BCUT2D eigenvalue weighted by Gasteiger charge is -2.40.